The molecule has 2 heterocycles. The first kappa shape index (κ1) is 13.2. The van der Waals surface area contributed by atoms with Gasteiger partial charge in [-0.3, -0.25) is 4.79 Å². The van der Waals surface area contributed by atoms with Gasteiger partial charge in [-0.15, -0.1) is 0 Å². The SMILES string of the molecule is COc1ccc(C2CNC(=O)C2)cc1OC(C)C1CO1. The summed E-state index contributed by atoms with van der Waals surface area (Å²) in [4.78, 5) is 11.3. The summed E-state index contributed by atoms with van der Waals surface area (Å²) in [6, 6.07) is 5.87. The molecule has 5 nitrogen and oxygen atoms in total. The number of rotatable bonds is 5. The molecular formula is C15H19NO4. The van der Waals surface area contributed by atoms with Crippen molar-refractivity contribution in [1.82, 2.24) is 5.32 Å². The lowest BCUT2D eigenvalue weighted by molar-refractivity contribution is -0.119. The molecule has 1 aromatic rings. The summed E-state index contributed by atoms with van der Waals surface area (Å²) in [6.45, 7) is 3.43. The number of carbonyl (C=O) groups excluding carboxylic acids is 1. The zero-order chi connectivity index (χ0) is 14.1. The monoisotopic (exact) mass is 277 g/mol. The molecule has 0 radical (unpaired) electrons. The minimum Gasteiger partial charge on any atom is -0.493 e. The summed E-state index contributed by atoms with van der Waals surface area (Å²) in [7, 11) is 1.63. The van der Waals surface area contributed by atoms with Crippen molar-refractivity contribution < 1.29 is 19.0 Å². The number of hydrogen-bond acceptors (Lipinski definition) is 4. The molecule has 3 atom stereocenters. The summed E-state index contributed by atoms with van der Waals surface area (Å²) < 4.78 is 16.5. The third kappa shape index (κ3) is 2.72. The van der Waals surface area contributed by atoms with Crippen LogP contribution in [0.4, 0.5) is 0 Å². The highest BCUT2D eigenvalue weighted by atomic mass is 16.6. The van der Waals surface area contributed by atoms with Crippen molar-refractivity contribution in [2.45, 2.75) is 31.5 Å². The molecule has 0 aliphatic carbocycles. The molecule has 0 spiro atoms. The van der Waals surface area contributed by atoms with E-state index in [9.17, 15) is 4.79 Å². The van der Waals surface area contributed by atoms with Gasteiger partial charge in [-0.1, -0.05) is 6.07 Å². The lowest BCUT2D eigenvalue weighted by atomic mass is 9.98. The Labute approximate surface area is 118 Å². The van der Waals surface area contributed by atoms with Crippen LogP contribution in [-0.4, -0.2) is 38.4 Å². The van der Waals surface area contributed by atoms with Crippen molar-refractivity contribution >= 4 is 5.91 Å². The molecule has 5 heteroatoms. The van der Waals surface area contributed by atoms with Crippen LogP contribution in [-0.2, 0) is 9.53 Å². The van der Waals surface area contributed by atoms with Gasteiger partial charge in [0.05, 0.1) is 13.7 Å². The van der Waals surface area contributed by atoms with Crippen LogP contribution in [0, 0.1) is 0 Å². The molecule has 2 aliphatic heterocycles. The molecule has 3 unspecified atom stereocenters. The maximum Gasteiger partial charge on any atom is 0.220 e. The van der Waals surface area contributed by atoms with Crippen LogP contribution < -0.4 is 14.8 Å². The second-order valence-electron chi connectivity index (χ2n) is 5.31. The fourth-order valence-electron chi connectivity index (χ4n) is 2.48. The quantitative estimate of drug-likeness (QED) is 0.828. The Hall–Kier alpha value is -1.75. The zero-order valence-corrected chi connectivity index (χ0v) is 11.7. The Morgan fingerprint density at radius 3 is 2.80 bits per heavy atom. The van der Waals surface area contributed by atoms with Gasteiger partial charge < -0.3 is 19.5 Å². The maximum atomic E-state index is 11.3. The first-order chi connectivity index (χ1) is 9.67. The topological polar surface area (TPSA) is 60.1 Å². The normalized spacial score (nSPS) is 26.0. The number of benzene rings is 1. The van der Waals surface area contributed by atoms with Crippen molar-refractivity contribution in [3.63, 3.8) is 0 Å². The molecular weight excluding hydrogens is 258 g/mol. The van der Waals surface area contributed by atoms with E-state index in [-0.39, 0.29) is 24.0 Å². The molecule has 1 amide bonds. The maximum absolute atomic E-state index is 11.3. The number of amides is 1. The molecule has 0 saturated carbocycles. The van der Waals surface area contributed by atoms with E-state index in [1.807, 2.05) is 25.1 Å². The Balaban J connectivity index is 1.80. The molecule has 0 aromatic heterocycles. The minimum absolute atomic E-state index is 0.00230. The van der Waals surface area contributed by atoms with Crippen LogP contribution in [0.25, 0.3) is 0 Å². The summed E-state index contributed by atoms with van der Waals surface area (Å²) in [6.07, 6.45) is 0.716. The van der Waals surface area contributed by atoms with Crippen molar-refractivity contribution in [1.29, 1.82) is 0 Å². The fourth-order valence-corrected chi connectivity index (χ4v) is 2.48. The summed E-state index contributed by atoms with van der Waals surface area (Å²) in [5, 5.41) is 2.85. The largest absolute Gasteiger partial charge is 0.493 e. The van der Waals surface area contributed by atoms with Crippen LogP contribution in [0.1, 0.15) is 24.8 Å². The molecule has 20 heavy (non-hydrogen) atoms. The Bertz CT molecular complexity index is 513. The van der Waals surface area contributed by atoms with E-state index in [1.54, 1.807) is 7.11 Å². The van der Waals surface area contributed by atoms with Gasteiger partial charge in [0, 0.05) is 18.9 Å². The van der Waals surface area contributed by atoms with Crippen LogP contribution in [0.15, 0.2) is 18.2 Å². The lowest BCUT2D eigenvalue weighted by Gasteiger charge is -2.17. The van der Waals surface area contributed by atoms with Gasteiger partial charge in [0.2, 0.25) is 5.91 Å². The highest BCUT2D eigenvalue weighted by molar-refractivity contribution is 5.79. The van der Waals surface area contributed by atoms with Gasteiger partial charge in [-0.25, -0.2) is 0 Å². The molecule has 2 aliphatic rings. The molecule has 108 valence electrons. The van der Waals surface area contributed by atoms with E-state index >= 15 is 0 Å². The number of epoxide rings is 1. The molecule has 1 N–H and O–H groups in total. The lowest BCUT2D eigenvalue weighted by Crippen LogP contribution is -2.19. The van der Waals surface area contributed by atoms with E-state index in [4.69, 9.17) is 14.2 Å². The van der Waals surface area contributed by atoms with Crippen LogP contribution >= 0.6 is 0 Å². The molecule has 3 rings (SSSR count). The number of nitrogens with one attached hydrogen (secondary N) is 1. The molecule has 2 fully saturated rings. The second-order valence-corrected chi connectivity index (χ2v) is 5.31. The van der Waals surface area contributed by atoms with Crippen LogP contribution in [0.3, 0.4) is 0 Å². The highest BCUT2D eigenvalue weighted by Gasteiger charge is 2.32. The Morgan fingerprint density at radius 2 is 2.20 bits per heavy atom. The van der Waals surface area contributed by atoms with Crippen molar-refractivity contribution in [2.24, 2.45) is 0 Å². The standard InChI is InChI=1S/C15H19NO4/c1-9(14-8-19-14)20-13-5-10(3-4-12(13)18-2)11-6-15(17)16-7-11/h3-5,9,11,14H,6-8H2,1-2H3,(H,16,17). The fraction of sp³-hybridized carbons (Fsp3) is 0.533. The third-order valence-electron chi connectivity index (χ3n) is 3.83. The van der Waals surface area contributed by atoms with Crippen molar-refractivity contribution in [3.8, 4) is 11.5 Å². The van der Waals surface area contributed by atoms with Gasteiger partial charge in [0.25, 0.3) is 0 Å². The third-order valence-corrected chi connectivity index (χ3v) is 3.83. The second kappa shape index (κ2) is 5.32. The predicted octanol–water partition coefficient (Wildman–Crippen LogP) is 1.46. The average molecular weight is 277 g/mol. The molecule has 1 aromatic carbocycles. The molecule has 0 bridgehead atoms. The van der Waals surface area contributed by atoms with E-state index < -0.39 is 0 Å². The van der Waals surface area contributed by atoms with E-state index in [1.165, 1.54) is 0 Å². The first-order valence-corrected chi connectivity index (χ1v) is 6.90. The highest BCUT2D eigenvalue weighted by Crippen LogP contribution is 2.34. The number of methoxy groups -OCH3 is 1. The average Bonchev–Trinajstić information content (AvgIpc) is 3.21. The Morgan fingerprint density at radius 1 is 1.40 bits per heavy atom. The van der Waals surface area contributed by atoms with Crippen LogP contribution in [0.5, 0.6) is 11.5 Å². The van der Waals surface area contributed by atoms with E-state index in [0.717, 1.165) is 12.2 Å². The number of carbonyl (C=O) groups is 1. The summed E-state index contributed by atoms with van der Waals surface area (Å²) >= 11 is 0. The van der Waals surface area contributed by atoms with E-state index in [0.29, 0.717) is 24.5 Å². The summed E-state index contributed by atoms with van der Waals surface area (Å²) in [5.41, 5.74) is 1.10. The summed E-state index contributed by atoms with van der Waals surface area (Å²) in [5.74, 6) is 1.74. The van der Waals surface area contributed by atoms with Gasteiger partial charge >= 0.3 is 0 Å². The molecule has 2 saturated heterocycles. The van der Waals surface area contributed by atoms with Gasteiger partial charge in [-0.2, -0.15) is 0 Å². The zero-order valence-electron chi connectivity index (χ0n) is 11.7. The van der Waals surface area contributed by atoms with Gasteiger partial charge in [0.15, 0.2) is 11.5 Å². The first-order valence-electron chi connectivity index (χ1n) is 6.90. The van der Waals surface area contributed by atoms with Gasteiger partial charge in [0.1, 0.15) is 12.2 Å². The predicted molar refractivity (Wildman–Crippen MR) is 73.2 cm³/mol. The Kier molecular flexibility index (Phi) is 3.53. The number of hydrogen-bond donors (Lipinski definition) is 1. The number of ether oxygens (including phenoxy) is 3. The van der Waals surface area contributed by atoms with Crippen molar-refractivity contribution in [3.05, 3.63) is 23.8 Å². The van der Waals surface area contributed by atoms with E-state index in [2.05, 4.69) is 5.32 Å². The van der Waals surface area contributed by atoms with Crippen LogP contribution in [0.2, 0.25) is 0 Å². The van der Waals surface area contributed by atoms with Crippen molar-refractivity contribution in [2.75, 3.05) is 20.3 Å². The smallest absolute Gasteiger partial charge is 0.220 e. The minimum atomic E-state index is 0.00230. The van der Waals surface area contributed by atoms with Gasteiger partial charge in [-0.05, 0) is 24.6 Å².